The SMILES string of the molecule is COc1ccccc1C(=O)NCCCCCc1nc2ccccc2n1CCCOc1ccccc1C(C)C. The molecule has 0 aliphatic carbocycles. The first kappa shape index (κ1) is 27.2. The molecule has 0 saturated heterocycles. The summed E-state index contributed by atoms with van der Waals surface area (Å²) in [6, 6.07) is 24.0. The number of hydrogen-bond acceptors (Lipinski definition) is 4. The van der Waals surface area contributed by atoms with Crippen LogP contribution in [0.25, 0.3) is 11.0 Å². The van der Waals surface area contributed by atoms with Crippen LogP contribution in [-0.4, -0.2) is 35.7 Å². The number of aryl methyl sites for hydroxylation is 2. The lowest BCUT2D eigenvalue weighted by Crippen LogP contribution is -2.24. The summed E-state index contributed by atoms with van der Waals surface area (Å²) in [5.74, 6) is 3.04. The van der Waals surface area contributed by atoms with Crippen LogP contribution >= 0.6 is 0 Å². The fraction of sp³-hybridized carbons (Fsp3) is 0.375. The van der Waals surface area contributed by atoms with Crippen molar-refractivity contribution >= 4 is 16.9 Å². The molecule has 4 rings (SSSR count). The zero-order valence-corrected chi connectivity index (χ0v) is 22.8. The van der Waals surface area contributed by atoms with E-state index in [2.05, 4.69) is 60.1 Å². The summed E-state index contributed by atoms with van der Waals surface area (Å²) in [6.45, 7) is 6.57. The standard InChI is InChI=1S/C32H39N3O3/c1-24(2)25-14-6-11-19-30(25)38-23-13-22-35-28-17-9-8-16-27(28)34-31(35)20-5-4-12-21-33-32(36)26-15-7-10-18-29(26)37-3/h6-11,14-19,24H,4-5,12-13,20-23H2,1-3H3,(H,33,36). The smallest absolute Gasteiger partial charge is 0.255 e. The third-order valence-electron chi connectivity index (χ3n) is 6.77. The topological polar surface area (TPSA) is 65.4 Å². The van der Waals surface area contributed by atoms with E-state index in [0.29, 0.717) is 30.4 Å². The van der Waals surface area contributed by atoms with Crippen LogP contribution in [0.2, 0.25) is 0 Å². The zero-order chi connectivity index (χ0) is 26.7. The van der Waals surface area contributed by atoms with Crippen LogP contribution in [0, 0.1) is 0 Å². The van der Waals surface area contributed by atoms with Gasteiger partial charge in [-0.15, -0.1) is 0 Å². The predicted octanol–water partition coefficient (Wildman–Crippen LogP) is 6.78. The molecule has 0 atom stereocenters. The molecule has 1 N–H and O–H groups in total. The van der Waals surface area contributed by atoms with Crippen LogP contribution in [0.3, 0.4) is 0 Å². The normalized spacial score (nSPS) is 11.2. The number of para-hydroxylation sites is 4. The maximum absolute atomic E-state index is 12.5. The third-order valence-corrected chi connectivity index (χ3v) is 6.77. The van der Waals surface area contributed by atoms with Gasteiger partial charge in [-0.3, -0.25) is 4.79 Å². The summed E-state index contributed by atoms with van der Waals surface area (Å²) in [6.07, 6.45) is 4.78. The van der Waals surface area contributed by atoms with Crippen molar-refractivity contribution in [3.8, 4) is 11.5 Å². The van der Waals surface area contributed by atoms with Crippen LogP contribution in [0.15, 0.2) is 72.8 Å². The van der Waals surface area contributed by atoms with E-state index in [1.807, 2.05) is 24.3 Å². The Morgan fingerprint density at radius 2 is 1.63 bits per heavy atom. The van der Waals surface area contributed by atoms with Crippen molar-refractivity contribution in [3.05, 3.63) is 89.7 Å². The largest absolute Gasteiger partial charge is 0.496 e. The number of ether oxygens (including phenoxy) is 2. The summed E-state index contributed by atoms with van der Waals surface area (Å²) < 4.78 is 13.8. The monoisotopic (exact) mass is 513 g/mol. The molecule has 0 aliphatic rings. The molecule has 6 nitrogen and oxygen atoms in total. The minimum Gasteiger partial charge on any atom is -0.496 e. The molecular formula is C32H39N3O3. The molecule has 0 radical (unpaired) electrons. The van der Waals surface area contributed by atoms with Crippen LogP contribution in [0.5, 0.6) is 11.5 Å². The van der Waals surface area contributed by atoms with E-state index in [1.54, 1.807) is 19.2 Å². The molecule has 4 aromatic rings. The Balaban J connectivity index is 1.26. The Kier molecular flexibility index (Phi) is 9.79. The molecule has 38 heavy (non-hydrogen) atoms. The highest BCUT2D eigenvalue weighted by Gasteiger charge is 2.12. The van der Waals surface area contributed by atoms with Crippen molar-refractivity contribution in [1.29, 1.82) is 0 Å². The zero-order valence-electron chi connectivity index (χ0n) is 22.8. The van der Waals surface area contributed by atoms with E-state index in [-0.39, 0.29) is 5.91 Å². The summed E-state index contributed by atoms with van der Waals surface area (Å²) in [5, 5.41) is 3.01. The van der Waals surface area contributed by atoms with Gasteiger partial charge in [0.15, 0.2) is 0 Å². The Morgan fingerprint density at radius 3 is 2.45 bits per heavy atom. The second-order valence-corrected chi connectivity index (χ2v) is 9.83. The minimum atomic E-state index is -0.0949. The number of rotatable bonds is 14. The van der Waals surface area contributed by atoms with E-state index in [1.165, 1.54) is 11.1 Å². The van der Waals surface area contributed by atoms with Crippen LogP contribution in [-0.2, 0) is 13.0 Å². The maximum atomic E-state index is 12.5. The second kappa shape index (κ2) is 13.7. The molecule has 1 aromatic heterocycles. The molecular weight excluding hydrogens is 474 g/mol. The lowest BCUT2D eigenvalue weighted by atomic mass is 10.0. The van der Waals surface area contributed by atoms with Gasteiger partial charge >= 0.3 is 0 Å². The highest BCUT2D eigenvalue weighted by atomic mass is 16.5. The molecule has 0 unspecified atom stereocenters. The summed E-state index contributed by atoms with van der Waals surface area (Å²) in [5.41, 5.74) is 4.03. The molecule has 0 aliphatic heterocycles. The number of benzene rings is 3. The van der Waals surface area contributed by atoms with Gasteiger partial charge < -0.3 is 19.4 Å². The fourth-order valence-electron chi connectivity index (χ4n) is 4.77. The van der Waals surface area contributed by atoms with Crippen molar-refractivity contribution in [2.45, 2.75) is 58.4 Å². The van der Waals surface area contributed by atoms with Crippen LogP contribution in [0.1, 0.15) is 67.2 Å². The number of unbranched alkanes of at least 4 members (excludes halogenated alkanes) is 2. The number of nitrogens with zero attached hydrogens (tertiary/aromatic N) is 2. The first-order valence-electron chi connectivity index (χ1n) is 13.7. The van der Waals surface area contributed by atoms with Crippen molar-refractivity contribution in [3.63, 3.8) is 0 Å². The molecule has 200 valence electrons. The van der Waals surface area contributed by atoms with E-state index in [0.717, 1.165) is 55.7 Å². The summed E-state index contributed by atoms with van der Waals surface area (Å²) in [7, 11) is 1.58. The number of aromatic nitrogens is 2. The number of carbonyl (C=O) groups excluding carboxylic acids is 1. The van der Waals surface area contributed by atoms with Crippen LogP contribution in [0.4, 0.5) is 0 Å². The number of methoxy groups -OCH3 is 1. The van der Waals surface area contributed by atoms with Gasteiger partial charge in [0.25, 0.3) is 5.91 Å². The van der Waals surface area contributed by atoms with Crippen molar-refractivity contribution < 1.29 is 14.3 Å². The lowest BCUT2D eigenvalue weighted by Gasteiger charge is -2.14. The predicted molar refractivity (Wildman–Crippen MR) is 153 cm³/mol. The Hall–Kier alpha value is -3.80. The van der Waals surface area contributed by atoms with Gasteiger partial charge in [-0.2, -0.15) is 0 Å². The first-order valence-corrected chi connectivity index (χ1v) is 13.7. The number of nitrogens with one attached hydrogen (secondary N) is 1. The quantitative estimate of drug-likeness (QED) is 0.189. The molecule has 1 amide bonds. The van der Waals surface area contributed by atoms with E-state index in [9.17, 15) is 4.79 Å². The Bertz CT molecular complexity index is 1330. The molecule has 3 aromatic carbocycles. The molecule has 0 bridgehead atoms. The lowest BCUT2D eigenvalue weighted by molar-refractivity contribution is 0.0950. The summed E-state index contributed by atoms with van der Waals surface area (Å²) >= 11 is 0. The van der Waals surface area contributed by atoms with Gasteiger partial charge in [0.05, 0.1) is 30.3 Å². The fourth-order valence-corrected chi connectivity index (χ4v) is 4.77. The number of fused-ring (bicyclic) bond motifs is 1. The second-order valence-electron chi connectivity index (χ2n) is 9.83. The van der Waals surface area contributed by atoms with Crippen molar-refractivity contribution in [1.82, 2.24) is 14.9 Å². The minimum absolute atomic E-state index is 0.0949. The van der Waals surface area contributed by atoms with Gasteiger partial charge in [0.1, 0.15) is 17.3 Å². The van der Waals surface area contributed by atoms with Gasteiger partial charge in [0, 0.05) is 19.5 Å². The van der Waals surface area contributed by atoms with Gasteiger partial charge in [-0.25, -0.2) is 4.98 Å². The van der Waals surface area contributed by atoms with Gasteiger partial charge in [0.2, 0.25) is 0 Å². The molecule has 6 heteroatoms. The molecule has 1 heterocycles. The average molecular weight is 514 g/mol. The van der Waals surface area contributed by atoms with E-state index < -0.39 is 0 Å². The number of amides is 1. The van der Waals surface area contributed by atoms with Crippen molar-refractivity contribution in [2.75, 3.05) is 20.3 Å². The third kappa shape index (κ3) is 6.94. The maximum Gasteiger partial charge on any atom is 0.255 e. The van der Waals surface area contributed by atoms with E-state index >= 15 is 0 Å². The average Bonchev–Trinajstić information content (AvgIpc) is 3.30. The van der Waals surface area contributed by atoms with Crippen LogP contribution < -0.4 is 14.8 Å². The first-order chi connectivity index (χ1) is 18.6. The number of imidazole rings is 1. The van der Waals surface area contributed by atoms with E-state index in [4.69, 9.17) is 14.5 Å². The van der Waals surface area contributed by atoms with Gasteiger partial charge in [-0.1, -0.05) is 62.7 Å². The van der Waals surface area contributed by atoms with Crippen molar-refractivity contribution in [2.24, 2.45) is 0 Å². The Morgan fingerprint density at radius 1 is 0.895 bits per heavy atom. The number of carbonyl (C=O) groups is 1. The molecule has 0 fully saturated rings. The molecule has 0 saturated carbocycles. The number of hydrogen-bond donors (Lipinski definition) is 1. The highest BCUT2D eigenvalue weighted by molar-refractivity contribution is 5.96. The highest BCUT2D eigenvalue weighted by Crippen LogP contribution is 2.26. The summed E-state index contributed by atoms with van der Waals surface area (Å²) in [4.78, 5) is 17.4. The Labute approximate surface area is 226 Å². The van der Waals surface area contributed by atoms with Gasteiger partial charge in [-0.05, 0) is 61.1 Å². The molecule has 0 spiro atoms.